The van der Waals surface area contributed by atoms with Gasteiger partial charge in [0.05, 0.1) is 0 Å². The van der Waals surface area contributed by atoms with Gasteiger partial charge >= 0.3 is 5.82 Å². The lowest BCUT2D eigenvalue weighted by atomic mass is 9.92. The fourth-order valence-electron chi connectivity index (χ4n) is 2.44. The maximum Gasteiger partial charge on any atom is 0.519 e. The fourth-order valence-corrected chi connectivity index (χ4v) is 2.44. The van der Waals surface area contributed by atoms with Crippen molar-refractivity contribution in [2.45, 2.75) is 72.1 Å². The van der Waals surface area contributed by atoms with Crippen LogP contribution in [0.1, 0.15) is 70.3 Å². The Morgan fingerprint density at radius 1 is 1.00 bits per heavy atom. The Morgan fingerprint density at radius 3 is 2.33 bits per heavy atom. The molecule has 0 saturated carbocycles. The highest BCUT2D eigenvalue weighted by atomic mass is 16.6. The van der Waals surface area contributed by atoms with Gasteiger partial charge < -0.3 is 8.83 Å². The van der Waals surface area contributed by atoms with E-state index in [4.69, 9.17) is 8.83 Å². The monoisotopic (exact) mass is 254 g/mol. The highest BCUT2D eigenvalue weighted by Gasteiger charge is 2.15. The first-order valence-corrected chi connectivity index (χ1v) is 7.26. The van der Waals surface area contributed by atoms with Crippen LogP contribution in [0.3, 0.4) is 0 Å². The Kier molecular flexibility index (Phi) is 6.84. The average Bonchev–Trinajstić information content (AvgIpc) is 2.63. The van der Waals surface area contributed by atoms with Crippen molar-refractivity contribution in [2.24, 2.45) is 5.92 Å². The first-order valence-electron chi connectivity index (χ1n) is 7.26. The third kappa shape index (κ3) is 5.11. The van der Waals surface area contributed by atoms with E-state index in [1.807, 2.05) is 0 Å². The predicted molar refractivity (Wildman–Crippen MR) is 72.8 cm³/mol. The quantitative estimate of drug-likeness (QED) is 0.611. The maximum absolute atomic E-state index is 11.0. The lowest BCUT2D eigenvalue weighted by molar-refractivity contribution is 0.346. The van der Waals surface area contributed by atoms with Crippen LogP contribution in [0.15, 0.2) is 13.6 Å². The molecule has 0 saturated heterocycles. The van der Waals surface area contributed by atoms with Crippen molar-refractivity contribution >= 4 is 0 Å². The molecule has 0 radical (unpaired) electrons. The minimum absolute atomic E-state index is 0.566. The Bertz CT molecular complexity index is 375. The van der Waals surface area contributed by atoms with Crippen LogP contribution in [0.4, 0.5) is 0 Å². The van der Waals surface area contributed by atoms with Gasteiger partial charge in [-0.25, -0.2) is 4.79 Å². The van der Waals surface area contributed by atoms with Crippen LogP contribution in [0.5, 0.6) is 0 Å². The molecule has 1 unspecified atom stereocenters. The standard InChI is InChI=1S/C15H26O3/c1-4-6-7-8-10-13(9-5-2)11-14-12(3)17-15(16)18-14/h13H,4-11H2,1-3H3. The normalized spacial score (nSPS) is 12.8. The van der Waals surface area contributed by atoms with Gasteiger partial charge in [0.2, 0.25) is 0 Å². The minimum atomic E-state index is -0.566. The molecule has 0 aromatic carbocycles. The zero-order valence-corrected chi connectivity index (χ0v) is 12.0. The van der Waals surface area contributed by atoms with E-state index in [1.54, 1.807) is 6.92 Å². The third-order valence-electron chi connectivity index (χ3n) is 3.47. The summed E-state index contributed by atoms with van der Waals surface area (Å²) >= 11 is 0. The molecule has 0 N–H and O–H groups in total. The SMILES string of the molecule is CCCCCCC(CCC)Cc1oc(=O)oc1C. The molecule has 0 fully saturated rings. The molecule has 1 rings (SSSR count). The van der Waals surface area contributed by atoms with E-state index < -0.39 is 5.82 Å². The molecule has 1 aromatic rings. The minimum Gasteiger partial charge on any atom is -0.396 e. The number of aryl methyl sites for hydroxylation is 1. The summed E-state index contributed by atoms with van der Waals surface area (Å²) in [5.74, 6) is 1.44. The number of unbranched alkanes of at least 4 members (excludes halogenated alkanes) is 3. The number of rotatable bonds is 9. The van der Waals surface area contributed by atoms with E-state index in [0.29, 0.717) is 11.7 Å². The lowest BCUT2D eigenvalue weighted by Gasteiger charge is -2.14. The van der Waals surface area contributed by atoms with Gasteiger partial charge in [-0.1, -0.05) is 58.8 Å². The Hall–Kier alpha value is -0.990. The van der Waals surface area contributed by atoms with E-state index in [-0.39, 0.29) is 0 Å². The van der Waals surface area contributed by atoms with E-state index in [0.717, 1.165) is 12.2 Å². The average molecular weight is 254 g/mol. The Labute approximate surface area is 110 Å². The molecule has 0 amide bonds. The maximum atomic E-state index is 11.0. The summed E-state index contributed by atoms with van der Waals surface area (Å²) in [6, 6.07) is 0. The van der Waals surface area contributed by atoms with Crippen LogP contribution < -0.4 is 5.82 Å². The van der Waals surface area contributed by atoms with Crippen molar-refractivity contribution in [1.29, 1.82) is 0 Å². The van der Waals surface area contributed by atoms with Crippen LogP contribution >= 0.6 is 0 Å². The molecule has 0 aliphatic heterocycles. The van der Waals surface area contributed by atoms with Crippen molar-refractivity contribution in [3.05, 3.63) is 22.1 Å². The second-order valence-corrected chi connectivity index (χ2v) is 5.14. The van der Waals surface area contributed by atoms with Gasteiger partial charge in [-0.2, -0.15) is 0 Å². The zero-order valence-electron chi connectivity index (χ0n) is 12.0. The molecule has 18 heavy (non-hydrogen) atoms. The smallest absolute Gasteiger partial charge is 0.396 e. The highest BCUT2D eigenvalue weighted by molar-refractivity contribution is 5.01. The molecule has 3 nitrogen and oxygen atoms in total. The van der Waals surface area contributed by atoms with Crippen LogP contribution in [0, 0.1) is 12.8 Å². The molecule has 0 spiro atoms. The van der Waals surface area contributed by atoms with Crippen LogP contribution in [-0.4, -0.2) is 0 Å². The predicted octanol–water partition coefficient (Wildman–Crippen LogP) is 4.47. The van der Waals surface area contributed by atoms with Gasteiger partial charge in [0.15, 0.2) is 0 Å². The van der Waals surface area contributed by atoms with Crippen LogP contribution in [0.2, 0.25) is 0 Å². The Balaban J connectivity index is 2.46. The van der Waals surface area contributed by atoms with Gasteiger partial charge in [-0.15, -0.1) is 0 Å². The third-order valence-corrected chi connectivity index (χ3v) is 3.47. The summed E-state index contributed by atoms with van der Waals surface area (Å²) < 4.78 is 10.0. The van der Waals surface area contributed by atoms with E-state index >= 15 is 0 Å². The summed E-state index contributed by atoms with van der Waals surface area (Å²) in [6.07, 6.45) is 9.62. The molecule has 1 heterocycles. The summed E-state index contributed by atoms with van der Waals surface area (Å²) in [4.78, 5) is 11.0. The molecule has 0 aliphatic rings. The van der Waals surface area contributed by atoms with Gasteiger partial charge in [-0.3, -0.25) is 0 Å². The topological polar surface area (TPSA) is 43.4 Å². The van der Waals surface area contributed by atoms with Crippen molar-refractivity contribution in [3.63, 3.8) is 0 Å². The van der Waals surface area contributed by atoms with Crippen molar-refractivity contribution in [2.75, 3.05) is 0 Å². The second-order valence-electron chi connectivity index (χ2n) is 5.14. The zero-order chi connectivity index (χ0) is 13.4. The van der Waals surface area contributed by atoms with E-state index in [9.17, 15) is 4.79 Å². The molecule has 3 heteroatoms. The number of hydrogen-bond donors (Lipinski definition) is 0. The summed E-state index contributed by atoms with van der Waals surface area (Å²) in [5.41, 5.74) is 0. The lowest BCUT2D eigenvalue weighted by Crippen LogP contribution is -2.05. The van der Waals surface area contributed by atoms with Crippen LogP contribution in [-0.2, 0) is 6.42 Å². The first-order chi connectivity index (χ1) is 8.67. The van der Waals surface area contributed by atoms with Crippen molar-refractivity contribution < 1.29 is 8.83 Å². The molecule has 1 atom stereocenters. The molecule has 104 valence electrons. The Morgan fingerprint density at radius 2 is 1.78 bits per heavy atom. The largest absolute Gasteiger partial charge is 0.519 e. The van der Waals surface area contributed by atoms with E-state index in [1.165, 1.54) is 44.9 Å². The number of hydrogen-bond acceptors (Lipinski definition) is 3. The van der Waals surface area contributed by atoms with Gasteiger partial charge in [0.1, 0.15) is 11.5 Å². The van der Waals surface area contributed by atoms with Crippen molar-refractivity contribution in [1.82, 2.24) is 0 Å². The second kappa shape index (κ2) is 8.17. The molecular formula is C15H26O3. The highest BCUT2D eigenvalue weighted by Crippen LogP contribution is 2.22. The molecule has 0 aliphatic carbocycles. The summed E-state index contributed by atoms with van der Waals surface area (Å²) in [6.45, 7) is 6.24. The molecule has 0 bridgehead atoms. The van der Waals surface area contributed by atoms with Gasteiger partial charge in [-0.05, 0) is 12.8 Å². The van der Waals surface area contributed by atoms with E-state index in [2.05, 4.69) is 13.8 Å². The fraction of sp³-hybridized carbons (Fsp3) is 0.800. The summed E-state index contributed by atoms with van der Waals surface area (Å²) in [7, 11) is 0. The first kappa shape index (κ1) is 15.1. The van der Waals surface area contributed by atoms with Crippen LogP contribution in [0.25, 0.3) is 0 Å². The molecular weight excluding hydrogens is 228 g/mol. The summed E-state index contributed by atoms with van der Waals surface area (Å²) in [5, 5.41) is 0. The molecule has 1 aromatic heterocycles. The van der Waals surface area contributed by atoms with Gasteiger partial charge in [0.25, 0.3) is 0 Å². The van der Waals surface area contributed by atoms with Crippen molar-refractivity contribution in [3.8, 4) is 0 Å². The van der Waals surface area contributed by atoms with Gasteiger partial charge in [0, 0.05) is 6.42 Å².